The Morgan fingerprint density at radius 1 is 0.838 bits per heavy atom. The Hall–Kier alpha value is -3.61. The quantitative estimate of drug-likeness (QED) is 0.147. The van der Waals surface area contributed by atoms with E-state index in [0.717, 1.165) is 40.7 Å². The monoisotopic (exact) mass is 499 g/mol. The molecular weight excluding hydrogens is 466 g/mol. The fourth-order valence-corrected chi connectivity index (χ4v) is 5.27. The van der Waals surface area contributed by atoms with Crippen LogP contribution in [0.3, 0.4) is 0 Å². The summed E-state index contributed by atoms with van der Waals surface area (Å²) in [5.74, 6) is -0.842. The standard InChI is InChI=1S/C31H33NO5/c1-21-8-7-9-23(18-21)19-29(32-37-22(2)33)30(34)24-12-13-26-25-10-5-6-11-27(25)31(14-16-35-3,15-17-36-4)28(26)20-24/h5-13,18,20H,14-17,19H2,1-4H3/b32-29+. The predicted octanol–water partition coefficient (Wildman–Crippen LogP) is 5.68. The van der Waals surface area contributed by atoms with Crippen molar-refractivity contribution in [3.63, 3.8) is 0 Å². The number of benzene rings is 3. The van der Waals surface area contributed by atoms with Crippen molar-refractivity contribution in [2.75, 3.05) is 27.4 Å². The van der Waals surface area contributed by atoms with Gasteiger partial charge in [0.15, 0.2) is 0 Å². The zero-order valence-electron chi connectivity index (χ0n) is 21.9. The van der Waals surface area contributed by atoms with Crippen LogP contribution in [0.25, 0.3) is 11.1 Å². The van der Waals surface area contributed by atoms with Crippen molar-refractivity contribution in [2.24, 2.45) is 5.16 Å². The molecule has 0 saturated heterocycles. The second kappa shape index (κ2) is 11.6. The summed E-state index contributed by atoms with van der Waals surface area (Å²) in [5.41, 5.74) is 6.90. The molecule has 4 rings (SSSR count). The Labute approximate surface area is 218 Å². The van der Waals surface area contributed by atoms with E-state index in [1.54, 1.807) is 14.2 Å². The molecule has 0 N–H and O–H groups in total. The second-order valence-electron chi connectivity index (χ2n) is 9.49. The third-order valence-electron chi connectivity index (χ3n) is 7.00. The maximum Gasteiger partial charge on any atom is 0.331 e. The number of Topliss-reactive ketones (excluding diaryl/α,β-unsaturated/α-hetero) is 1. The fourth-order valence-electron chi connectivity index (χ4n) is 5.27. The van der Waals surface area contributed by atoms with Gasteiger partial charge in [-0.3, -0.25) is 4.79 Å². The lowest BCUT2D eigenvalue weighted by Gasteiger charge is -2.32. The first-order chi connectivity index (χ1) is 17.9. The van der Waals surface area contributed by atoms with Crippen LogP contribution in [0, 0.1) is 6.92 Å². The Bertz CT molecular complexity index is 1320. The molecule has 192 valence electrons. The molecule has 0 atom stereocenters. The van der Waals surface area contributed by atoms with E-state index in [1.165, 1.54) is 12.5 Å². The van der Waals surface area contributed by atoms with Gasteiger partial charge in [-0.05, 0) is 53.6 Å². The lowest BCUT2D eigenvalue weighted by Crippen LogP contribution is -2.29. The van der Waals surface area contributed by atoms with Gasteiger partial charge in [-0.15, -0.1) is 0 Å². The average molecular weight is 500 g/mol. The Morgan fingerprint density at radius 3 is 2.22 bits per heavy atom. The van der Waals surface area contributed by atoms with Gasteiger partial charge in [-0.2, -0.15) is 0 Å². The Kier molecular flexibility index (Phi) is 8.31. The Balaban J connectivity index is 1.79. The van der Waals surface area contributed by atoms with Crippen molar-refractivity contribution < 1.29 is 23.9 Å². The van der Waals surface area contributed by atoms with Gasteiger partial charge in [-0.1, -0.05) is 71.4 Å². The van der Waals surface area contributed by atoms with Crippen LogP contribution in [-0.4, -0.2) is 44.9 Å². The summed E-state index contributed by atoms with van der Waals surface area (Å²) in [6, 6.07) is 22.1. The summed E-state index contributed by atoms with van der Waals surface area (Å²) >= 11 is 0. The number of carbonyl (C=O) groups excluding carboxylic acids is 2. The first-order valence-electron chi connectivity index (χ1n) is 12.5. The molecule has 3 aromatic rings. The highest BCUT2D eigenvalue weighted by molar-refractivity contribution is 6.46. The van der Waals surface area contributed by atoms with E-state index in [2.05, 4.69) is 23.4 Å². The molecule has 0 bridgehead atoms. The molecule has 6 heteroatoms. The van der Waals surface area contributed by atoms with Gasteiger partial charge in [0.1, 0.15) is 5.71 Å². The summed E-state index contributed by atoms with van der Waals surface area (Å²) < 4.78 is 11.0. The lowest BCUT2D eigenvalue weighted by molar-refractivity contribution is -0.140. The number of hydrogen-bond donors (Lipinski definition) is 0. The van der Waals surface area contributed by atoms with Gasteiger partial charge in [-0.25, -0.2) is 4.79 Å². The topological polar surface area (TPSA) is 74.2 Å². The zero-order valence-corrected chi connectivity index (χ0v) is 21.9. The number of oxime groups is 1. The lowest BCUT2D eigenvalue weighted by atomic mass is 9.72. The van der Waals surface area contributed by atoms with Crippen molar-refractivity contribution in [1.82, 2.24) is 0 Å². The van der Waals surface area contributed by atoms with Crippen LogP contribution in [0.1, 0.15) is 52.4 Å². The van der Waals surface area contributed by atoms with E-state index in [9.17, 15) is 9.59 Å². The van der Waals surface area contributed by atoms with E-state index in [0.29, 0.717) is 18.8 Å². The van der Waals surface area contributed by atoms with Crippen molar-refractivity contribution >= 4 is 17.5 Å². The SMILES string of the molecule is COCCC1(CCOC)c2ccccc2-c2ccc(C(=O)/C(Cc3cccc(C)c3)=N/OC(C)=O)cc21. The van der Waals surface area contributed by atoms with Gasteiger partial charge in [0, 0.05) is 51.8 Å². The molecular formula is C31H33NO5. The van der Waals surface area contributed by atoms with Gasteiger partial charge < -0.3 is 14.3 Å². The van der Waals surface area contributed by atoms with Crippen molar-refractivity contribution in [3.8, 4) is 11.1 Å². The molecule has 1 aliphatic carbocycles. The molecule has 0 radical (unpaired) electrons. The second-order valence-corrected chi connectivity index (χ2v) is 9.49. The van der Waals surface area contributed by atoms with Gasteiger partial charge in [0.25, 0.3) is 0 Å². The highest BCUT2D eigenvalue weighted by atomic mass is 16.7. The van der Waals surface area contributed by atoms with Crippen molar-refractivity contribution in [2.45, 2.75) is 38.5 Å². The molecule has 0 aromatic heterocycles. The number of nitrogens with zero attached hydrogens (tertiary/aromatic N) is 1. The van der Waals surface area contributed by atoms with E-state index >= 15 is 0 Å². The number of carbonyl (C=O) groups is 2. The van der Waals surface area contributed by atoms with Gasteiger partial charge in [0.05, 0.1) is 0 Å². The largest absolute Gasteiger partial charge is 0.385 e. The smallest absolute Gasteiger partial charge is 0.331 e. The zero-order chi connectivity index (χ0) is 26.4. The molecule has 0 spiro atoms. The molecule has 0 saturated carbocycles. The molecule has 0 fully saturated rings. The summed E-state index contributed by atoms with van der Waals surface area (Å²) in [5, 5.41) is 3.97. The van der Waals surface area contributed by atoms with Crippen LogP contribution in [0.4, 0.5) is 0 Å². The maximum atomic E-state index is 13.8. The molecule has 0 aliphatic heterocycles. The molecule has 1 aliphatic rings. The van der Waals surface area contributed by atoms with Crippen LogP contribution in [0.2, 0.25) is 0 Å². The summed E-state index contributed by atoms with van der Waals surface area (Å²) in [6.07, 6.45) is 1.77. The highest BCUT2D eigenvalue weighted by Crippen LogP contribution is 2.53. The number of methoxy groups -OCH3 is 2. The number of aryl methyl sites for hydroxylation is 1. The van der Waals surface area contributed by atoms with E-state index in [1.807, 2.05) is 55.5 Å². The maximum absolute atomic E-state index is 13.8. The molecule has 6 nitrogen and oxygen atoms in total. The molecule has 0 unspecified atom stereocenters. The number of rotatable bonds is 11. The highest BCUT2D eigenvalue weighted by Gasteiger charge is 2.43. The number of ketones is 1. The first kappa shape index (κ1) is 26.5. The van der Waals surface area contributed by atoms with Gasteiger partial charge in [0.2, 0.25) is 5.78 Å². The minimum Gasteiger partial charge on any atom is -0.385 e. The third-order valence-corrected chi connectivity index (χ3v) is 7.00. The van der Waals surface area contributed by atoms with Crippen LogP contribution in [-0.2, 0) is 30.9 Å². The summed E-state index contributed by atoms with van der Waals surface area (Å²) in [6.45, 7) is 4.40. The van der Waals surface area contributed by atoms with E-state index < -0.39 is 5.97 Å². The Morgan fingerprint density at radius 2 is 1.54 bits per heavy atom. The van der Waals surface area contributed by atoms with Crippen molar-refractivity contribution in [3.05, 3.63) is 94.5 Å². The van der Waals surface area contributed by atoms with Crippen LogP contribution >= 0.6 is 0 Å². The average Bonchev–Trinajstić information content (AvgIpc) is 3.17. The molecule has 3 aromatic carbocycles. The summed E-state index contributed by atoms with van der Waals surface area (Å²) in [7, 11) is 3.41. The van der Waals surface area contributed by atoms with Crippen molar-refractivity contribution in [1.29, 1.82) is 0 Å². The number of hydrogen-bond acceptors (Lipinski definition) is 6. The minimum atomic E-state index is -0.572. The van der Waals surface area contributed by atoms with E-state index in [-0.39, 0.29) is 23.3 Å². The molecule has 37 heavy (non-hydrogen) atoms. The summed E-state index contributed by atoms with van der Waals surface area (Å²) in [4.78, 5) is 30.2. The fraction of sp³-hybridized carbons (Fsp3) is 0.323. The normalized spacial score (nSPS) is 13.7. The predicted molar refractivity (Wildman–Crippen MR) is 144 cm³/mol. The van der Waals surface area contributed by atoms with Crippen LogP contribution < -0.4 is 0 Å². The minimum absolute atomic E-state index is 0.177. The number of fused-ring (bicyclic) bond motifs is 3. The third kappa shape index (κ3) is 5.55. The van der Waals surface area contributed by atoms with E-state index in [4.69, 9.17) is 14.3 Å². The molecule has 0 heterocycles. The molecule has 0 amide bonds. The van der Waals surface area contributed by atoms with Gasteiger partial charge >= 0.3 is 5.97 Å². The van der Waals surface area contributed by atoms with Crippen LogP contribution in [0.5, 0.6) is 0 Å². The van der Waals surface area contributed by atoms with Crippen LogP contribution in [0.15, 0.2) is 71.9 Å². The number of ether oxygens (including phenoxy) is 2. The first-order valence-corrected chi connectivity index (χ1v) is 12.5.